The number of halogens is 1. The average molecular weight is 284 g/mol. The van der Waals surface area contributed by atoms with Crippen LogP contribution in [0, 0.1) is 0 Å². The summed E-state index contributed by atoms with van der Waals surface area (Å²) >= 11 is 5.98. The number of likely N-dealkylation sites (tertiary alicyclic amines) is 1. The Balaban J connectivity index is 2.20. The second-order valence-electron chi connectivity index (χ2n) is 4.64. The van der Waals surface area contributed by atoms with Gasteiger partial charge >= 0.3 is 7.12 Å². The maximum Gasteiger partial charge on any atom is 0.488 e. The lowest BCUT2D eigenvalue weighted by molar-refractivity contribution is 0.0547. The highest BCUT2D eigenvalue weighted by Gasteiger charge is 2.25. The van der Waals surface area contributed by atoms with Gasteiger partial charge in [-0.25, -0.2) is 0 Å². The summed E-state index contributed by atoms with van der Waals surface area (Å²) < 4.78 is 0. The van der Waals surface area contributed by atoms with Crippen LogP contribution in [0.5, 0.6) is 0 Å². The van der Waals surface area contributed by atoms with Gasteiger partial charge in [-0.15, -0.1) is 0 Å². The maximum absolute atomic E-state index is 12.3. The molecule has 0 radical (unpaired) electrons. The number of aliphatic hydroxyl groups is 1. The first kappa shape index (κ1) is 14.3. The van der Waals surface area contributed by atoms with Crippen LogP contribution in [0.4, 0.5) is 0 Å². The molecule has 0 saturated carbocycles. The number of aliphatic hydroxyl groups excluding tert-OH is 1. The molecule has 5 nitrogen and oxygen atoms in total. The third-order valence-corrected chi connectivity index (χ3v) is 3.60. The summed E-state index contributed by atoms with van der Waals surface area (Å²) in [5.41, 5.74) is 0.480. The van der Waals surface area contributed by atoms with E-state index in [0.717, 1.165) is 0 Å². The molecule has 1 saturated heterocycles. The van der Waals surface area contributed by atoms with E-state index in [1.165, 1.54) is 18.2 Å². The van der Waals surface area contributed by atoms with E-state index in [0.29, 0.717) is 25.9 Å². The molecular weight excluding hydrogens is 268 g/mol. The van der Waals surface area contributed by atoms with Gasteiger partial charge in [0.2, 0.25) is 0 Å². The number of hydrogen-bond acceptors (Lipinski definition) is 4. The first-order chi connectivity index (χ1) is 8.99. The van der Waals surface area contributed by atoms with Crippen LogP contribution in [0.25, 0.3) is 0 Å². The monoisotopic (exact) mass is 283 g/mol. The van der Waals surface area contributed by atoms with Gasteiger partial charge in [0, 0.05) is 13.1 Å². The van der Waals surface area contributed by atoms with Crippen molar-refractivity contribution >= 4 is 30.1 Å². The van der Waals surface area contributed by atoms with Crippen molar-refractivity contribution in [3.63, 3.8) is 0 Å². The van der Waals surface area contributed by atoms with Gasteiger partial charge in [0.25, 0.3) is 5.91 Å². The maximum atomic E-state index is 12.3. The van der Waals surface area contributed by atoms with Gasteiger partial charge < -0.3 is 20.1 Å². The van der Waals surface area contributed by atoms with Gasteiger partial charge in [0.1, 0.15) is 0 Å². The van der Waals surface area contributed by atoms with Gasteiger partial charge in [-0.05, 0) is 30.4 Å². The Hall–Kier alpha value is -1.08. The highest BCUT2D eigenvalue weighted by atomic mass is 35.5. The van der Waals surface area contributed by atoms with Crippen molar-refractivity contribution in [3.8, 4) is 0 Å². The van der Waals surface area contributed by atoms with E-state index < -0.39 is 7.12 Å². The van der Waals surface area contributed by atoms with Crippen LogP contribution < -0.4 is 5.46 Å². The van der Waals surface area contributed by atoms with Crippen LogP contribution in [-0.4, -0.2) is 52.3 Å². The summed E-state index contributed by atoms with van der Waals surface area (Å²) in [5, 5.41) is 27.9. The lowest BCUT2D eigenvalue weighted by Crippen LogP contribution is -2.40. The van der Waals surface area contributed by atoms with Crippen molar-refractivity contribution in [1.29, 1.82) is 0 Å². The quantitative estimate of drug-likeness (QED) is 0.646. The minimum Gasteiger partial charge on any atom is -0.423 e. The summed E-state index contributed by atoms with van der Waals surface area (Å²) in [6.07, 6.45) is 0.738. The molecule has 0 aromatic heterocycles. The molecule has 1 amide bonds. The van der Waals surface area contributed by atoms with Gasteiger partial charge in [-0.2, -0.15) is 0 Å². The standard InChI is InChI=1S/C12H15BClNO4/c14-11-2-1-8(13(18)19)7-10(11)12(17)15-5-3-9(16)4-6-15/h1-2,7,9,16,18-19H,3-6H2. The van der Waals surface area contributed by atoms with E-state index in [9.17, 15) is 9.90 Å². The van der Waals surface area contributed by atoms with E-state index >= 15 is 0 Å². The Labute approximate surface area is 116 Å². The Morgan fingerprint density at radius 1 is 1.32 bits per heavy atom. The van der Waals surface area contributed by atoms with Crippen molar-refractivity contribution < 1.29 is 19.9 Å². The molecule has 7 heteroatoms. The van der Waals surface area contributed by atoms with E-state index in [2.05, 4.69) is 0 Å². The second-order valence-corrected chi connectivity index (χ2v) is 5.04. The van der Waals surface area contributed by atoms with Crippen LogP contribution in [0.3, 0.4) is 0 Å². The molecule has 1 aromatic carbocycles. The van der Waals surface area contributed by atoms with Crippen LogP contribution >= 0.6 is 11.6 Å². The summed E-state index contributed by atoms with van der Waals surface area (Å²) in [6, 6.07) is 4.33. The first-order valence-electron chi connectivity index (χ1n) is 6.12. The highest BCUT2D eigenvalue weighted by Crippen LogP contribution is 2.19. The summed E-state index contributed by atoms with van der Waals surface area (Å²) in [5.74, 6) is -0.251. The van der Waals surface area contributed by atoms with Crippen molar-refractivity contribution in [3.05, 3.63) is 28.8 Å². The number of amides is 1. The Kier molecular flexibility index (Phi) is 4.47. The van der Waals surface area contributed by atoms with E-state index in [1.807, 2.05) is 0 Å². The fourth-order valence-electron chi connectivity index (χ4n) is 2.11. The summed E-state index contributed by atoms with van der Waals surface area (Å²) in [6.45, 7) is 0.949. The molecule has 0 bridgehead atoms. The molecule has 102 valence electrons. The molecule has 0 aliphatic carbocycles. The zero-order chi connectivity index (χ0) is 14.0. The van der Waals surface area contributed by atoms with Crippen LogP contribution in [-0.2, 0) is 0 Å². The molecule has 1 aliphatic rings. The van der Waals surface area contributed by atoms with Gasteiger partial charge in [0.15, 0.2) is 0 Å². The summed E-state index contributed by atoms with van der Waals surface area (Å²) in [4.78, 5) is 13.9. The molecule has 1 heterocycles. The molecule has 0 unspecified atom stereocenters. The largest absolute Gasteiger partial charge is 0.488 e. The van der Waals surface area contributed by atoms with Crippen molar-refractivity contribution in [2.75, 3.05) is 13.1 Å². The lowest BCUT2D eigenvalue weighted by atomic mass is 9.79. The van der Waals surface area contributed by atoms with Gasteiger partial charge in [-0.1, -0.05) is 17.7 Å². The number of benzene rings is 1. The van der Waals surface area contributed by atoms with Crippen LogP contribution in [0.15, 0.2) is 18.2 Å². The number of rotatable bonds is 2. The molecule has 0 spiro atoms. The SMILES string of the molecule is O=C(c1cc(B(O)O)ccc1Cl)N1CCC(O)CC1. The smallest absolute Gasteiger partial charge is 0.423 e. The molecule has 1 fully saturated rings. The van der Waals surface area contributed by atoms with E-state index in [4.69, 9.17) is 21.6 Å². The Morgan fingerprint density at radius 2 is 1.95 bits per heavy atom. The van der Waals surface area contributed by atoms with Gasteiger partial charge in [0.05, 0.1) is 16.7 Å². The zero-order valence-electron chi connectivity index (χ0n) is 10.3. The molecule has 1 aliphatic heterocycles. The predicted octanol–water partition coefficient (Wildman–Crippen LogP) is -0.383. The molecular formula is C12H15BClNO4. The van der Waals surface area contributed by atoms with E-state index in [1.54, 1.807) is 4.90 Å². The molecule has 19 heavy (non-hydrogen) atoms. The minimum absolute atomic E-state index is 0.227. The number of carbonyl (C=O) groups is 1. The van der Waals surface area contributed by atoms with Crippen LogP contribution in [0.1, 0.15) is 23.2 Å². The van der Waals surface area contributed by atoms with Crippen molar-refractivity contribution in [2.24, 2.45) is 0 Å². The predicted molar refractivity (Wildman–Crippen MR) is 72.4 cm³/mol. The minimum atomic E-state index is -1.63. The summed E-state index contributed by atoms with van der Waals surface area (Å²) in [7, 11) is -1.63. The van der Waals surface area contributed by atoms with Crippen molar-refractivity contribution in [1.82, 2.24) is 4.90 Å². The topological polar surface area (TPSA) is 81.0 Å². The number of carbonyl (C=O) groups excluding carboxylic acids is 1. The molecule has 0 atom stereocenters. The third kappa shape index (κ3) is 3.28. The number of hydrogen-bond donors (Lipinski definition) is 3. The molecule has 2 rings (SSSR count). The zero-order valence-corrected chi connectivity index (χ0v) is 11.0. The lowest BCUT2D eigenvalue weighted by Gasteiger charge is -2.30. The third-order valence-electron chi connectivity index (χ3n) is 3.27. The van der Waals surface area contributed by atoms with Crippen LogP contribution in [0.2, 0.25) is 5.02 Å². The van der Waals surface area contributed by atoms with E-state index in [-0.39, 0.29) is 28.1 Å². The second kappa shape index (κ2) is 5.92. The number of piperidine rings is 1. The average Bonchev–Trinajstić information content (AvgIpc) is 2.39. The first-order valence-corrected chi connectivity index (χ1v) is 6.49. The normalized spacial score (nSPS) is 16.5. The Bertz CT molecular complexity index is 475. The Morgan fingerprint density at radius 3 is 2.53 bits per heavy atom. The van der Waals surface area contributed by atoms with Crippen molar-refractivity contribution in [2.45, 2.75) is 18.9 Å². The molecule has 1 aromatic rings. The fraction of sp³-hybridized carbons (Fsp3) is 0.417. The highest BCUT2D eigenvalue weighted by molar-refractivity contribution is 6.58. The van der Waals surface area contributed by atoms with Gasteiger partial charge in [-0.3, -0.25) is 4.79 Å². The molecule has 3 N–H and O–H groups in total. The fourth-order valence-corrected chi connectivity index (χ4v) is 2.31. The number of nitrogens with zero attached hydrogens (tertiary/aromatic N) is 1.